The van der Waals surface area contributed by atoms with Crippen molar-refractivity contribution in [3.8, 4) is 0 Å². The van der Waals surface area contributed by atoms with Gasteiger partial charge in [0.05, 0.1) is 4.87 Å². The lowest BCUT2D eigenvalue weighted by molar-refractivity contribution is -0.137. The number of halogens is 1. The van der Waals surface area contributed by atoms with Crippen molar-refractivity contribution < 1.29 is 14.0 Å². The number of piperidine rings is 1. The van der Waals surface area contributed by atoms with Crippen molar-refractivity contribution in [2.45, 2.75) is 57.2 Å². The normalized spacial score (nSPS) is 19.8. The van der Waals surface area contributed by atoms with Crippen LogP contribution in [0.4, 0.5) is 4.39 Å². The average Bonchev–Trinajstić information content (AvgIpc) is 3.12. The molecule has 0 bridgehead atoms. The summed E-state index contributed by atoms with van der Waals surface area (Å²) in [7, 11) is 0. The Bertz CT molecular complexity index is 686. The van der Waals surface area contributed by atoms with Gasteiger partial charge in [0.1, 0.15) is 5.82 Å². The standard InChI is InChI=1S/C22H31FN2O2S/c1-3-5-6-17(4-2)20(26)24-13-11-22(12-14-24)25(15-16-28-22)21(27)18-7-9-19(23)10-8-18/h7-10,17H,3-6,11-16H2,1-2H3/t17-/m0/s1. The van der Waals surface area contributed by atoms with E-state index in [4.69, 9.17) is 0 Å². The summed E-state index contributed by atoms with van der Waals surface area (Å²) in [4.78, 5) is 29.7. The van der Waals surface area contributed by atoms with Crippen molar-refractivity contribution in [1.29, 1.82) is 0 Å². The first-order valence-electron chi connectivity index (χ1n) is 10.5. The van der Waals surface area contributed by atoms with Gasteiger partial charge >= 0.3 is 0 Å². The summed E-state index contributed by atoms with van der Waals surface area (Å²) in [6, 6.07) is 5.80. The fourth-order valence-electron chi connectivity index (χ4n) is 4.35. The van der Waals surface area contributed by atoms with Crippen LogP contribution in [0, 0.1) is 11.7 Å². The molecule has 0 radical (unpaired) electrons. The molecular weight excluding hydrogens is 375 g/mol. The second-order valence-electron chi connectivity index (χ2n) is 7.83. The number of nitrogens with zero attached hydrogens (tertiary/aromatic N) is 2. The molecule has 1 aromatic rings. The van der Waals surface area contributed by atoms with Gasteiger partial charge in [-0.1, -0.05) is 26.7 Å². The van der Waals surface area contributed by atoms with E-state index in [1.165, 1.54) is 12.1 Å². The van der Waals surface area contributed by atoms with Gasteiger partial charge in [-0.2, -0.15) is 0 Å². The lowest BCUT2D eigenvalue weighted by Crippen LogP contribution is -2.54. The second kappa shape index (κ2) is 9.29. The molecule has 2 saturated heterocycles. The molecule has 2 aliphatic rings. The van der Waals surface area contributed by atoms with E-state index in [-0.39, 0.29) is 28.4 Å². The van der Waals surface area contributed by atoms with Crippen LogP contribution in [-0.4, -0.2) is 51.9 Å². The van der Waals surface area contributed by atoms with E-state index in [2.05, 4.69) is 13.8 Å². The fraction of sp³-hybridized carbons (Fsp3) is 0.636. The number of hydrogen-bond donors (Lipinski definition) is 0. The Morgan fingerprint density at radius 2 is 1.82 bits per heavy atom. The fourth-order valence-corrected chi connectivity index (χ4v) is 5.80. The largest absolute Gasteiger partial charge is 0.342 e. The van der Waals surface area contributed by atoms with E-state index in [9.17, 15) is 14.0 Å². The van der Waals surface area contributed by atoms with Crippen LogP contribution < -0.4 is 0 Å². The first-order valence-corrected chi connectivity index (χ1v) is 11.5. The minimum atomic E-state index is -0.331. The zero-order valence-electron chi connectivity index (χ0n) is 17.0. The topological polar surface area (TPSA) is 40.6 Å². The van der Waals surface area contributed by atoms with Crippen molar-refractivity contribution in [3.63, 3.8) is 0 Å². The molecule has 2 fully saturated rings. The molecule has 0 N–H and O–H groups in total. The second-order valence-corrected chi connectivity index (χ2v) is 9.29. The third-order valence-electron chi connectivity index (χ3n) is 6.12. The highest BCUT2D eigenvalue weighted by Crippen LogP contribution is 2.44. The Morgan fingerprint density at radius 3 is 2.43 bits per heavy atom. The first kappa shape index (κ1) is 21.2. The Morgan fingerprint density at radius 1 is 1.14 bits per heavy atom. The summed E-state index contributed by atoms with van der Waals surface area (Å²) in [6.07, 6.45) is 5.69. The molecule has 1 aromatic carbocycles. The van der Waals surface area contributed by atoms with Gasteiger partial charge in [-0.05, 0) is 49.9 Å². The Labute approximate surface area is 171 Å². The molecule has 0 aliphatic carbocycles. The van der Waals surface area contributed by atoms with E-state index in [0.717, 1.165) is 44.3 Å². The molecule has 2 heterocycles. The van der Waals surface area contributed by atoms with Crippen LogP contribution in [0.15, 0.2) is 24.3 Å². The summed E-state index contributed by atoms with van der Waals surface area (Å²) in [5.74, 6) is 0.962. The number of rotatable bonds is 6. The minimum Gasteiger partial charge on any atom is -0.342 e. The zero-order valence-corrected chi connectivity index (χ0v) is 17.8. The molecule has 0 unspecified atom stereocenters. The number of hydrogen-bond acceptors (Lipinski definition) is 3. The molecule has 1 spiro atoms. The van der Waals surface area contributed by atoms with Gasteiger partial charge in [-0.15, -0.1) is 11.8 Å². The Balaban J connectivity index is 1.65. The number of unbranched alkanes of at least 4 members (excludes halogenated alkanes) is 1. The molecule has 0 saturated carbocycles. The molecule has 2 aliphatic heterocycles. The summed E-state index contributed by atoms with van der Waals surface area (Å²) in [5, 5.41) is 0. The number of amides is 2. The molecule has 1 atom stereocenters. The zero-order chi connectivity index (χ0) is 20.1. The van der Waals surface area contributed by atoms with E-state index >= 15 is 0 Å². The molecule has 2 amide bonds. The van der Waals surface area contributed by atoms with Crippen molar-refractivity contribution in [3.05, 3.63) is 35.6 Å². The van der Waals surface area contributed by atoms with Crippen molar-refractivity contribution in [2.24, 2.45) is 5.92 Å². The molecule has 0 aromatic heterocycles. The number of carbonyl (C=O) groups excluding carboxylic acids is 2. The third-order valence-corrected chi connectivity index (χ3v) is 7.67. The van der Waals surface area contributed by atoms with Crippen molar-refractivity contribution in [1.82, 2.24) is 9.80 Å². The Hall–Kier alpha value is -1.56. The highest BCUT2D eigenvalue weighted by Gasteiger charge is 2.47. The van der Waals surface area contributed by atoms with Crippen LogP contribution in [-0.2, 0) is 4.79 Å². The van der Waals surface area contributed by atoms with Crippen LogP contribution in [0.3, 0.4) is 0 Å². The van der Waals surface area contributed by atoms with Crippen LogP contribution in [0.1, 0.15) is 62.7 Å². The predicted molar refractivity (Wildman–Crippen MR) is 112 cm³/mol. The van der Waals surface area contributed by atoms with E-state index in [1.807, 2.05) is 21.6 Å². The smallest absolute Gasteiger partial charge is 0.254 e. The number of benzene rings is 1. The van der Waals surface area contributed by atoms with Gasteiger partial charge in [-0.25, -0.2) is 4.39 Å². The number of thioether (sulfide) groups is 1. The number of likely N-dealkylation sites (tertiary alicyclic amines) is 1. The van der Waals surface area contributed by atoms with Crippen molar-refractivity contribution >= 4 is 23.6 Å². The van der Waals surface area contributed by atoms with Gasteiger partial charge < -0.3 is 9.80 Å². The maximum Gasteiger partial charge on any atom is 0.254 e. The van der Waals surface area contributed by atoms with Crippen LogP contribution in [0.25, 0.3) is 0 Å². The maximum absolute atomic E-state index is 13.2. The van der Waals surface area contributed by atoms with Crippen LogP contribution in [0.2, 0.25) is 0 Å². The number of carbonyl (C=O) groups is 2. The monoisotopic (exact) mass is 406 g/mol. The van der Waals surface area contributed by atoms with E-state index < -0.39 is 0 Å². The van der Waals surface area contributed by atoms with Gasteiger partial charge in [0.15, 0.2) is 0 Å². The molecule has 154 valence electrons. The summed E-state index contributed by atoms with van der Waals surface area (Å²) in [5.41, 5.74) is 0.535. The van der Waals surface area contributed by atoms with E-state index in [0.29, 0.717) is 25.2 Å². The van der Waals surface area contributed by atoms with Gasteiger partial charge in [-0.3, -0.25) is 9.59 Å². The summed E-state index contributed by atoms with van der Waals surface area (Å²) < 4.78 is 13.2. The molecule has 28 heavy (non-hydrogen) atoms. The SMILES string of the molecule is CCCC[C@H](CC)C(=O)N1CCC2(CC1)SCCN2C(=O)c1ccc(F)cc1. The quantitative estimate of drug-likeness (QED) is 0.696. The molecule has 3 rings (SSSR count). The molecular formula is C22H31FN2O2S. The van der Waals surface area contributed by atoms with Gasteiger partial charge in [0, 0.05) is 36.9 Å². The van der Waals surface area contributed by atoms with E-state index in [1.54, 1.807) is 12.1 Å². The van der Waals surface area contributed by atoms with Gasteiger partial charge in [0.2, 0.25) is 5.91 Å². The predicted octanol–water partition coefficient (Wildman–Crippen LogP) is 4.55. The Kier molecular flexibility index (Phi) is 7.02. The van der Waals surface area contributed by atoms with Crippen molar-refractivity contribution in [2.75, 3.05) is 25.4 Å². The van der Waals surface area contributed by atoms with Gasteiger partial charge in [0.25, 0.3) is 5.91 Å². The molecule has 4 nitrogen and oxygen atoms in total. The lowest BCUT2D eigenvalue weighted by Gasteiger charge is -2.44. The lowest BCUT2D eigenvalue weighted by atomic mass is 9.95. The van der Waals surface area contributed by atoms with Crippen LogP contribution >= 0.6 is 11.8 Å². The summed E-state index contributed by atoms with van der Waals surface area (Å²) in [6.45, 7) is 6.39. The first-order chi connectivity index (χ1) is 13.5. The minimum absolute atomic E-state index is 0.0286. The third kappa shape index (κ3) is 4.37. The molecule has 6 heteroatoms. The summed E-state index contributed by atoms with van der Waals surface area (Å²) >= 11 is 1.83. The van der Waals surface area contributed by atoms with Crippen LogP contribution in [0.5, 0.6) is 0 Å². The maximum atomic E-state index is 13.2. The highest BCUT2D eigenvalue weighted by atomic mass is 32.2. The average molecular weight is 407 g/mol. The highest BCUT2D eigenvalue weighted by molar-refractivity contribution is 8.00.